The van der Waals surface area contributed by atoms with Gasteiger partial charge in [0.15, 0.2) is 0 Å². The number of carbonyl (C=O) groups excluding carboxylic acids is 1. The van der Waals surface area contributed by atoms with E-state index in [0.29, 0.717) is 6.42 Å². The maximum atomic E-state index is 12.2. The van der Waals surface area contributed by atoms with Crippen molar-refractivity contribution in [3.63, 3.8) is 0 Å². The van der Waals surface area contributed by atoms with Crippen molar-refractivity contribution in [2.45, 2.75) is 51.5 Å². The summed E-state index contributed by atoms with van der Waals surface area (Å²) in [6.07, 6.45) is 0.537. The Morgan fingerprint density at radius 2 is 1.52 bits per heavy atom. The van der Waals surface area contributed by atoms with Crippen LogP contribution in [0.15, 0.2) is 48.5 Å². The van der Waals surface area contributed by atoms with Crippen molar-refractivity contribution >= 4 is 23.3 Å². The average Bonchev–Trinajstić information content (AvgIpc) is 3.02. The predicted octanol–water partition coefficient (Wildman–Crippen LogP) is 4.62. The minimum absolute atomic E-state index is 0.0298. The lowest BCUT2D eigenvalue weighted by Gasteiger charge is -2.22. The molecule has 0 aromatic heterocycles. The smallest absolute Gasteiger partial charge is 0.313 e. The number of benzene rings is 2. The molecular formula is C25H29N3O3. The first kappa shape index (κ1) is 22.4. The topological polar surface area (TPSA) is 114 Å². The van der Waals surface area contributed by atoms with Crippen LogP contribution in [0.4, 0.5) is 0 Å². The molecule has 6 heteroatoms. The summed E-state index contributed by atoms with van der Waals surface area (Å²) in [7, 11) is 0. The molecule has 2 aromatic carbocycles. The summed E-state index contributed by atoms with van der Waals surface area (Å²) in [5.74, 6) is -2.91. The second kappa shape index (κ2) is 8.84. The molecule has 2 aromatic rings. The largest absolute Gasteiger partial charge is 0.481 e. The quantitative estimate of drug-likeness (QED) is 0.468. The maximum absolute atomic E-state index is 12.2. The van der Waals surface area contributed by atoms with E-state index >= 15 is 0 Å². The Morgan fingerprint density at radius 3 is 2.00 bits per heavy atom. The molecular weight excluding hydrogens is 390 g/mol. The molecule has 1 unspecified atom stereocenters. The number of carbonyl (C=O) groups is 2. The molecule has 4 N–H and O–H groups in total. The van der Waals surface area contributed by atoms with Gasteiger partial charge in [-0.05, 0) is 55.9 Å². The van der Waals surface area contributed by atoms with Gasteiger partial charge >= 0.3 is 5.97 Å². The number of hydrogen-bond donors (Lipinski definition) is 4. The summed E-state index contributed by atoms with van der Waals surface area (Å²) < 4.78 is 0. The number of rotatable bonds is 8. The highest BCUT2D eigenvalue weighted by Gasteiger charge is 2.31. The van der Waals surface area contributed by atoms with Crippen molar-refractivity contribution in [3.8, 4) is 11.1 Å². The maximum Gasteiger partial charge on any atom is 0.313 e. The molecule has 1 aliphatic carbocycles. The van der Waals surface area contributed by atoms with Crippen molar-refractivity contribution in [3.05, 3.63) is 59.7 Å². The zero-order valence-corrected chi connectivity index (χ0v) is 18.2. The Morgan fingerprint density at radius 1 is 1.00 bits per heavy atom. The van der Waals surface area contributed by atoms with E-state index in [4.69, 9.17) is 10.8 Å². The first-order valence-electron chi connectivity index (χ1n) is 10.5. The number of nitrogens with one attached hydrogen (secondary N) is 3. The number of carboxylic acids is 1. The summed E-state index contributed by atoms with van der Waals surface area (Å²) >= 11 is 0. The molecule has 31 heavy (non-hydrogen) atoms. The van der Waals surface area contributed by atoms with Crippen LogP contribution in [0, 0.1) is 16.7 Å². The molecule has 1 atom stereocenters. The molecule has 0 saturated carbocycles. The highest BCUT2D eigenvalue weighted by Crippen LogP contribution is 2.46. The summed E-state index contributed by atoms with van der Waals surface area (Å²) in [5, 5.41) is 28.9. The zero-order valence-electron chi connectivity index (χ0n) is 18.2. The fourth-order valence-corrected chi connectivity index (χ4v) is 4.17. The third-order valence-electron chi connectivity index (χ3n) is 5.52. The molecule has 0 heterocycles. The molecule has 0 aliphatic heterocycles. The number of carboxylic acid groups (broad SMARTS) is 1. The summed E-state index contributed by atoms with van der Waals surface area (Å²) in [5.41, 5.74) is 3.96. The van der Waals surface area contributed by atoms with Crippen molar-refractivity contribution in [1.29, 1.82) is 10.8 Å². The Bertz CT molecular complexity index is 991. The molecule has 0 radical (unpaired) electrons. The van der Waals surface area contributed by atoms with Crippen molar-refractivity contribution in [2.75, 3.05) is 0 Å². The Balaban J connectivity index is 1.70. The van der Waals surface area contributed by atoms with Crippen LogP contribution in [-0.4, -0.2) is 33.9 Å². The molecule has 6 nitrogen and oxygen atoms in total. The van der Waals surface area contributed by atoms with Crippen LogP contribution in [0.1, 0.15) is 57.1 Å². The molecule has 0 fully saturated rings. The van der Waals surface area contributed by atoms with Gasteiger partial charge < -0.3 is 21.2 Å². The van der Waals surface area contributed by atoms with E-state index in [1.807, 2.05) is 45.0 Å². The van der Waals surface area contributed by atoms with Crippen molar-refractivity contribution < 1.29 is 14.7 Å². The third-order valence-corrected chi connectivity index (χ3v) is 5.52. The number of amides is 1. The zero-order chi connectivity index (χ0) is 22.8. The highest BCUT2D eigenvalue weighted by molar-refractivity contribution is 6.43. The van der Waals surface area contributed by atoms with Gasteiger partial charge in [0.1, 0.15) is 5.92 Å². The molecule has 162 valence electrons. The minimum atomic E-state index is -1.32. The number of aliphatic carboxylic acids is 1. The lowest BCUT2D eigenvalue weighted by Crippen LogP contribution is -2.43. The lowest BCUT2D eigenvalue weighted by atomic mass is 9.88. The molecule has 0 bridgehead atoms. The van der Waals surface area contributed by atoms with Gasteiger partial charge in [0.25, 0.3) is 0 Å². The van der Waals surface area contributed by atoms with E-state index in [2.05, 4.69) is 29.6 Å². The highest BCUT2D eigenvalue weighted by atomic mass is 16.4. The second-order valence-corrected chi connectivity index (χ2v) is 9.05. The first-order valence-corrected chi connectivity index (χ1v) is 10.5. The Kier molecular flexibility index (Phi) is 6.39. The van der Waals surface area contributed by atoms with Crippen molar-refractivity contribution in [1.82, 2.24) is 5.32 Å². The van der Waals surface area contributed by atoms with Gasteiger partial charge in [0.05, 0.1) is 11.4 Å². The summed E-state index contributed by atoms with van der Waals surface area (Å²) in [6.45, 7) is 5.43. The van der Waals surface area contributed by atoms with E-state index in [9.17, 15) is 14.7 Å². The predicted molar refractivity (Wildman–Crippen MR) is 122 cm³/mol. The fourth-order valence-electron chi connectivity index (χ4n) is 4.17. The summed E-state index contributed by atoms with van der Waals surface area (Å²) in [6, 6.07) is 16.4. The van der Waals surface area contributed by atoms with Crippen LogP contribution in [0.2, 0.25) is 0 Å². The van der Waals surface area contributed by atoms with Crippen LogP contribution in [0.3, 0.4) is 0 Å². The van der Waals surface area contributed by atoms with Gasteiger partial charge in [0, 0.05) is 17.9 Å². The molecule has 0 spiro atoms. The van der Waals surface area contributed by atoms with Crippen LogP contribution in [0.25, 0.3) is 11.1 Å². The van der Waals surface area contributed by atoms with E-state index in [0.717, 1.165) is 0 Å². The number of hydrogen-bond acceptors (Lipinski definition) is 4. The van der Waals surface area contributed by atoms with Crippen LogP contribution in [0.5, 0.6) is 0 Å². The second-order valence-electron chi connectivity index (χ2n) is 9.05. The first-order chi connectivity index (χ1) is 14.6. The summed E-state index contributed by atoms with van der Waals surface area (Å²) in [4.78, 5) is 23.9. The normalized spacial score (nSPS) is 13.8. The molecule has 1 amide bonds. The SMILES string of the molecule is CC(C)(C)NC(=O)CC(C(=N)C(=N)CCC1c2ccccc2-c2ccccc21)C(=O)O. The van der Waals surface area contributed by atoms with E-state index in [1.54, 1.807) is 0 Å². The van der Waals surface area contributed by atoms with Crippen molar-refractivity contribution in [2.24, 2.45) is 5.92 Å². The molecule has 3 rings (SSSR count). The van der Waals surface area contributed by atoms with Gasteiger partial charge in [0.2, 0.25) is 5.91 Å². The van der Waals surface area contributed by atoms with Gasteiger partial charge in [-0.2, -0.15) is 0 Å². The van der Waals surface area contributed by atoms with Gasteiger partial charge in [-0.1, -0.05) is 48.5 Å². The van der Waals surface area contributed by atoms with E-state index in [1.165, 1.54) is 22.3 Å². The monoisotopic (exact) mass is 419 g/mol. The van der Waals surface area contributed by atoms with Gasteiger partial charge in [-0.3, -0.25) is 9.59 Å². The van der Waals surface area contributed by atoms with Crippen LogP contribution in [-0.2, 0) is 9.59 Å². The average molecular weight is 420 g/mol. The standard InChI is InChI=1S/C25H29N3O3/c1-25(2,3)28-22(29)14-20(24(30)31)23(27)21(26)13-12-19-17-10-6-4-8-15(17)16-9-5-7-11-18(16)19/h4-11,19-20,26-27H,12-14H2,1-3H3,(H,28,29)(H,30,31). The fraction of sp³-hybridized carbons (Fsp3) is 0.360. The lowest BCUT2D eigenvalue weighted by molar-refractivity contribution is -0.141. The Labute approximate surface area is 182 Å². The minimum Gasteiger partial charge on any atom is -0.481 e. The molecule has 1 aliphatic rings. The Hall–Kier alpha value is -3.28. The van der Waals surface area contributed by atoms with E-state index in [-0.39, 0.29) is 30.2 Å². The third kappa shape index (κ3) is 5.08. The molecule has 0 saturated heterocycles. The van der Waals surface area contributed by atoms with E-state index < -0.39 is 23.3 Å². The number of fused-ring (bicyclic) bond motifs is 3. The van der Waals surface area contributed by atoms with Gasteiger partial charge in [-0.15, -0.1) is 0 Å². The van der Waals surface area contributed by atoms with Gasteiger partial charge in [-0.25, -0.2) is 0 Å². The van der Waals surface area contributed by atoms with Crippen LogP contribution < -0.4 is 5.32 Å². The van der Waals surface area contributed by atoms with Crippen LogP contribution >= 0.6 is 0 Å².